The molecule has 3 aromatic rings. The minimum absolute atomic E-state index is 0.0210. The zero-order valence-electron chi connectivity index (χ0n) is 43.3. The number of para-hydroxylation sites is 1. The zero-order chi connectivity index (χ0) is 51.1. The number of benzene rings is 2. The number of hydrogen-bond donors (Lipinski definition) is 0. The first kappa shape index (κ1) is 54.3. The van der Waals surface area contributed by atoms with E-state index in [2.05, 4.69) is 9.88 Å². The number of carbonyl (C=O) groups excluding carboxylic acids is 5. The topological polar surface area (TPSA) is 163 Å². The van der Waals surface area contributed by atoms with Gasteiger partial charge in [0.05, 0.1) is 47.6 Å². The SMILES string of the molecule is CC[C@H]1OC(=O)[C@H](C)C(=O)[C@H](C)[C@@H](O[C@@H]2O[C@H](C)C[C@H](N(C)C)[C@H]2OC(=O)c2ccccc2)[C@](C)(OC/C=C/c2cnc3ccccc3c2)C[C@@H](C)C(=O)[C@H](C)[C@H]2N(CCN(CC)CC)C(=O)O[C@]12C. The van der Waals surface area contributed by atoms with Crippen molar-refractivity contribution >= 4 is 46.6 Å². The van der Waals surface area contributed by atoms with Gasteiger partial charge in [-0.2, -0.15) is 0 Å². The maximum atomic E-state index is 15.3. The molecule has 382 valence electrons. The molecule has 0 bridgehead atoms. The van der Waals surface area contributed by atoms with E-state index in [1.165, 1.54) is 6.92 Å². The van der Waals surface area contributed by atoms with Crippen molar-refractivity contribution in [1.29, 1.82) is 0 Å². The van der Waals surface area contributed by atoms with Crippen molar-refractivity contribution in [2.75, 3.05) is 46.9 Å². The number of likely N-dealkylation sites (N-methyl/N-ethyl adjacent to an activating group) is 2. The van der Waals surface area contributed by atoms with Crippen LogP contribution < -0.4 is 0 Å². The summed E-state index contributed by atoms with van der Waals surface area (Å²) in [5.41, 5.74) is -0.835. The summed E-state index contributed by atoms with van der Waals surface area (Å²) >= 11 is 0. The number of Topliss-reactive ketones (excluding diaryl/α,β-unsaturated/α-hetero) is 2. The summed E-state index contributed by atoms with van der Waals surface area (Å²) in [5.74, 6) is -5.96. The Kier molecular flexibility index (Phi) is 18.2. The largest absolute Gasteiger partial charge is 0.458 e. The fraction of sp³-hybridized carbons (Fsp3) is 0.600. The molecule has 0 radical (unpaired) electrons. The third-order valence-electron chi connectivity index (χ3n) is 14.9. The van der Waals surface area contributed by atoms with Gasteiger partial charge >= 0.3 is 18.0 Å². The highest BCUT2D eigenvalue weighted by Crippen LogP contribution is 2.43. The lowest BCUT2D eigenvalue weighted by molar-refractivity contribution is -0.296. The van der Waals surface area contributed by atoms with E-state index in [-0.39, 0.29) is 43.9 Å². The quantitative estimate of drug-likeness (QED) is 0.0817. The smallest absolute Gasteiger partial charge is 0.410 e. The number of aromatic nitrogens is 1. The van der Waals surface area contributed by atoms with E-state index in [1.54, 1.807) is 56.1 Å². The average molecular weight is 969 g/mol. The van der Waals surface area contributed by atoms with Crippen LogP contribution in [0.4, 0.5) is 4.79 Å². The fourth-order valence-corrected chi connectivity index (χ4v) is 10.9. The first-order chi connectivity index (χ1) is 33.3. The van der Waals surface area contributed by atoms with E-state index < -0.39 is 89.3 Å². The van der Waals surface area contributed by atoms with Crippen LogP contribution in [0.25, 0.3) is 17.0 Å². The van der Waals surface area contributed by atoms with Gasteiger partial charge in [0, 0.05) is 42.4 Å². The van der Waals surface area contributed by atoms with Gasteiger partial charge < -0.3 is 38.2 Å². The molecule has 15 nitrogen and oxygen atoms in total. The predicted octanol–water partition coefficient (Wildman–Crippen LogP) is 8.03. The van der Waals surface area contributed by atoms with Crippen molar-refractivity contribution in [2.24, 2.45) is 23.7 Å². The van der Waals surface area contributed by atoms with Gasteiger partial charge in [-0.05, 0) is 104 Å². The van der Waals surface area contributed by atoms with Gasteiger partial charge in [-0.3, -0.25) is 24.3 Å². The zero-order valence-corrected chi connectivity index (χ0v) is 43.3. The summed E-state index contributed by atoms with van der Waals surface area (Å²) in [6.45, 7) is 20.6. The number of hydrogen-bond acceptors (Lipinski definition) is 14. The van der Waals surface area contributed by atoms with Gasteiger partial charge in [0.2, 0.25) is 0 Å². The van der Waals surface area contributed by atoms with Gasteiger partial charge in [0.25, 0.3) is 0 Å². The molecule has 3 aliphatic rings. The van der Waals surface area contributed by atoms with E-state index in [4.69, 9.17) is 28.4 Å². The van der Waals surface area contributed by atoms with Crippen LogP contribution in [-0.2, 0) is 42.8 Å². The molecule has 3 aliphatic heterocycles. The lowest BCUT2D eigenvalue weighted by atomic mass is 9.73. The molecule has 1 aromatic heterocycles. The molecule has 70 heavy (non-hydrogen) atoms. The lowest BCUT2D eigenvalue weighted by Gasteiger charge is -2.48. The lowest BCUT2D eigenvalue weighted by Crippen LogP contribution is -2.61. The first-order valence-electron chi connectivity index (χ1n) is 25.1. The Balaban J connectivity index is 1.45. The third-order valence-corrected chi connectivity index (χ3v) is 14.9. The van der Waals surface area contributed by atoms with Crippen LogP contribution >= 0.6 is 0 Å². The highest BCUT2D eigenvalue weighted by Gasteiger charge is 2.60. The molecule has 1 amide bonds. The van der Waals surface area contributed by atoms with Crippen molar-refractivity contribution in [3.8, 4) is 0 Å². The van der Waals surface area contributed by atoms with Crippen molar-refractivity contribution in [1.82, 2.24) is 19.7 Å². The number of fused-ring (bicyclic) bond motifs is 2. The molecule has 3 fully saturated rings. The number of ether oxygens (including phenoxy) is 6. The second-order valence-corrected chi connectivity index (χ2v) is 20.1. The third kappa shape index (κ3) is 12.0. The average Bonchev–Trinajstić information content (AvgIpc) is 3.61. The normalized spacial score (nSPS) is 32.5. The van der Waals surface area contributed by atoms with Crippen LogP contribution in [0.1, 0.15) is 104 Å². The number of amides is 1. The van der Waals surface area contributed by atoms with Crippen LogP contribution in [0.15, 0.2) is 72.9 Å². The van der Waals surface area contributed by atoms with E-state index in [9.17, 15) is 14.4 Å². The Labute approximate surface area is 414 Å². The minimum Gasteiger partial charge on any atom is -0.458 e. The number of pyridine rings is 1. The second kappa shape index (κ2) is 23.4. The number of carbonyl (C=O) groups is 5. The summed E-state index contributed by atoms with van der Waals surface area (Å²) in [7, 11) is 3.79. The number of nitrogens with zero attached hydrogens (tertiary/aromatic N) is 4. The van der Waals surface area contributed by atoms with Gasteiger partial charge in [0.1, 0.15) is 17.8 Å². The van der Waals surface area contributed by atoms with Gasteiger partial charge in [-0.1, -0.05) is 90.1 Å². The second-order valence-electron chi connectivity index (χ2n) is 20.1. The summed E-state index contributed by atoms with van der Waals surface area (Å²) < 4.78 is 39.5. The molecule has 0 unspecified atom stereocenters. The standard InChI is InChI=1S/C55H76N4O11/c1-13-44-55(10)48(59(53(64)70-55)28-27-58(14-2)15-3)36(6)45(60)34(4)32-54(9,65-29-21-22-39-31-41-25-19-20-26-42(41)56-33-39)49(37(7)46(61)38(8)50(62)67-44)69-52-47(43(57(11)12)30-35(5)66-52)68-51(63)40-23-17-16-18-24-40/h16-26,31,33-38,43-44,47-49,52H,13-15,27-30,32H2,1-12H3/b22-21+/t34-,35-,36+,37+,38-,43+,44-,47-,48-,49-,52+,54-,55-/m1/s1. The van der Waals surface area contributed by atoms with Crippen LogP contribution in [0, 0.1) is 23.7 Å². The fourth-order valence-electron chi connectivity index (χ4n) is 10.9. The van der Waals surface area contributed by atoms with Gasteiger partial charge in [0.15, 0.2) is 23.8 Å². The number of cyclic esters (lactones) is 1. The van der Waals surface area contributed by atoms with Gasteiger partial charge in [-0.15, -0.1) is 0 Å². The molecule has 3 saturated heterocycles. The van der Waals surface area contributed by atoms with Gasteiger partial charge in [-0.25, -0.2) is 9.59 Å². The number of rotatable bonds is 15. The van der Waals surface area contributed by atoms with E-state index in [0.717, 1.165) is 29.6 Å². The molecular formula is C55H76N4O11. The van der Waals surface area contributed by atoms with Crippen molar-refractivity contribution in [2.45, 2.75) is 142 Å². The Morgan fingerprint density at radius 2 is 1.60 bits per heavy atom. The van der Waals surface area contributed by atoms with Crippen LogP contribution in [0.3, 0.4) is 0 Å². The number of ketones is 2. The van der Waals surface area contributed by atoms with Crippen molar-refractivity contribution < 1.29 is 52.4 Å². The van der Waals surface area contributed by atoms with E-state index in [1.807, 2.05) is 109 Å². The molecule has 15 heteroatoms. The van der Waals surface area contributed by atoms with Crippen LogP contribution in [-0.4, -0.2) is 150 Å². The maximum absolute atomic E-state index is 15.3. The Bertz CT molecular complexity index is 2320. The monoisotopic (exact) mass is 969 g/mol. The first-order valence-corrected chi connectivity index (χ1v) is 25.1. The van der Waals surface area contributed by atoms with Crippen molar-refractivity contribution in [3.05, 3.63) is 84.1 Å². The highest BCUT2D eigenvalue weighted by molar-refractivity contribution is 6.00. The molecule has 2 aromatic carbocycles. The van der Waals surface area contributed by atoms with E-state index >= 15 is 9.59 Å². The molecule has 4 heterocycles. The summed E-state index contributed by atoms with van der Waals surface area (Å²) in [4.78, 5) is 82.9. The Hall–Kier alpha value is -5.06. The molecule has 0 N–H and O–H groups in total. The van der Waals surface area contributed by atoms with E-state index in [0.29, 0.717) is 18.5 Å². The summed E-state index contributed by atoms with van der Waals surface area (Å²) in [6.07, 6.45) is 0.971. The molecule has 6 rings (SSSR count). The molecule has 0 saturated carbocycles. The number of esters is 2. The minimum atomic E-state index is -1.45. The summed E-state index contributed by atoms with van der Waals surface area (Å²) in [5, 5.41) is 0.973. The van der Waals surface area contributed by atoms with Crippen LogP contribution in [0.2, 0.25) is 0 Å². The molecule has 13 atom stereocenters. The Morgan fingerprint density at radius 3 is 2.27 bits per heavy atom. The Morgan fingerprint density at radius 1 is 0.914 bits per heavy atom. The van der Waals surface area contributed by atoms with Crippen molar-refractivity contribution in [3.63, 3.8) is 0 Å². The summed E-state index contributed by atoms with van der Waals surface area (Å²) in [6, 6.07) is 17.3. The van der Waals surface area contributed by atoms with Crippen LogP contribution in [0.5, 0.6) is 0 Å². The molecule has 0 spiro atoms. The molecular weight excluding hydrogens is 893 g/mol. The molecule has 0 aliphatic carbocycles. The maximum Gasteiger partial charge on any atom is 0.410 e. The predicted molar refractivity (Wildman–Crippen MR) is 267 cm³/mol. The highest BCUT2D eigenvalue weighted by atomic mass is 16.7.